The Bertz CT molecular complexity index is 478. The summed E-state index contributed by atoms with van der Waals surface area (Å²) in [6.07, 6.45) is 1.95. The summed E-state index contributed by atoms with van der Waals surface area (Å²) in [6.45, 7) is 1.94. The van der Waals surface area contributed by atoms with E-state index in [9.17, 15) is 14.0 Å². The third kappa shape index (κ3) is 6.25. The van der Waals surface area contributed by atoms with Crippen LogP contribution in [0, 0.1) is 5.82 Å². The summed E-state index contributed by atoms with van der Waals surface area (Å²) in [4.78, 5) is 22.6. The summed E-state index contributed by atoms with van der Waals surface area (Å²) in [5, 5.41) is 11.4. The minimum atomic E-state index is -1.05. The number of para-hydroxylation sites is 1. The van der Waals surface area contributed by atoms with E-state index in [0.29, 0.717) is 6.42 Å². The Morgan fingerprint density at radius 1 is 1.38 bits per heavy atom. The van der Waals surface area contributed by atoms with Gasteiger partial charge in [-0.1, -0.05) is 31.9 Å². The maximum absolute atomic E-state index is 13.3. The second-order valence-corrected chi connectivity index (χ2v) is 4.63. The smallest absolute Gasteiger partial charge is 0.326 e. The molecule has 0 aromatic heterocycles. The average Bonchev–Trinajstić information content (AvgIpc) is 2.45. The summed E-state index contributed by atoms with van der Waals surface area (Å²) in [7, 11) is 0. The van der Waals surface area contributed by atoms with Crippen molar-refractivity contribution < 1.29 is 23.8 Å². The normalized spacial score (nSPS) is 11.7. The molecular formula is C15H20FNO4. The third-order valence-electron chi connectivity index (χ3n) is 2.90. The van der Waals surface area contributed by atoms with Crippen molar-refractivity contribution in [3.8, 4) is 5.75 Å². The van der Waals surface area contributed by atoms with Gasteiger partial charge in [-0.25, -0.2) is 9.18 Å². The van der Waals surface area contributed by atoms with Crippen LogP contribution in [-0.2, 0) is 9.59 Å². The Hall–Kier alpha value is -2.11. The van der Waals surface area contributed by atoms with Gasteiger partial charge >= 0.3 is 5.97 Å². The topological polar surface area (TPSA) is 75.6 Å². The molecule has 0 saturated heterocycles. The van der Waals surface area contributed by atoms with Gasteiger partial charge < -0.3 is 15.2 Å². The van der Waals surface area contributed by atoms with Gasteiger partial charge in [0.1, 0.15) is 6.04 Å². The Balaban J connectivity index is 2.36. The quantitative estimate of drug-likeness (QED) is 0.733. The second-order valence-electron chi connectivity index (χ2n) is 4.63. The molecule has 1 aromatic rings. The fraction of sp³-hybridized carbons (Fsp3) is 0.467. The largest absolute Gasteiger partial charge is 0.490 e. The monoisotopic (exact) mass is 297 g/mol. The van der Waals surface area contributed by atoms with Crippen molar-refractivity contribution in [1.82, 2.24) is 5.32 Å². The van der Waals surface area contributed by atoms with Gasteiger partial charge in [0, 0.05) is 0 Å². The van der Waals surface area contributed by atoms with E-state index in [2.05, 4.69) is 5.32 Å². The number of nitrogens with one attached hydrogen (secondary N) is 1. The minimum Gasteiger partial charge on any atom is -0.490 e. The number of benzene rings is 1. The lowest BCUT2D eigenvalue weighted by atomic mass is 10.1. The van der Waals surface area contributed by atoms with Gasteiger partial charge in [-0.05, 0) is 18.6 Å². The molecule has 0 aliphatic rings. The van der Waals surface area contributed by atoms with E-state index in [4.69, 9.17) is 9.84 Å². The fourth-order valence-corrected chi connectivity index (χ4v) is 1.75. The highest BCUT2D eigenvalue weighted by Crippen LogP contribution is 2.15. The first-order valence-electron chi connectivity index (χ1n) is 6.94. The molecule has 1 amide bonds. The number of aliphatic carboxylic acids is 1. The molecule has 0 aliphatic carbocycles. The number of carbonyl (C=O) groups is 2. The molecule has 1 rings (SSSR count). The highest BCUT2D eigenvalue weighted by molar-refractivity contribution is 5.83. The van der Waals surface area contributed by atoms with Crippen LogP contribution >= 0.6 is 0 Å². The maximum atomic E-state index is 13.3. The van der Waals surface area contributed by atoms with Crippen LogP contribution in [0.4, 0.5) is 4.39 Å². The minimum absolute atomic E-state index is 0.00706. The maximum Gasteiger partial charge on any atom is 0.326 e. The summed E-state index contributed by atoms with van der Waals surface area (Å²) in [6, 6.07) is 5.02. The lowest BCUT2D eigenvalue weighted by Crippen LogP contribution is -2.41. The molecule has 0 unspecified atom stereocenters. The number of hydrogen-bond donors (Lipinski definition) is 2. The Labute approximate surface area is 123 Å². The van der Waals surface area contributed by atoms with Gasteiger partial charge in [-0.3, -0.25) is 4.79 Å². The molecule has 0 radical (unpaired) electrons. The zero-order valence-corrected chi connectivity index (χ0v) is 12.0. The van der Waals surface area contributed by atoms with Crippen molar-refractivity contribution >= 4 is 11.9 Å². The van der Waals surface area contributed by atoms with Crippen molar-refractivity contribution in [3.63, 3.8) is 0 Å². The van der Waals surface area contributed by atoms with Gasteiger partial charge in [0.15, 0.2) is 11.6 Å². The highest BCUT2D eigenvalue weighted by atomic mass is 19.1. The van der Waals surface area contributed by atoms with Crippen LogP contribution < -0.4 is 10.1 Å². The van der Waals surface area contributed by atoms with Crippen molar-refractivity contribution in [2.24, 2.45) is 0 Å². The number of halogens is 1. The summed E-state index contributed by atoms with van der Waals surface area (Å²) >= 11 is 0. The van der Waals surface area contributed by atoms with E-state index < -0.39 is 23.7 Å². The van der Waals surface area contributed by atoms with Gasteiger partial charge in [0.25, 0.3) is 0 Å². The van der Waals surface area contributed by atoms with Gasteiger partial charge in [0.2, 0.25) is 5.91 Å². The predicted octanol–water partition coefficient (Wildman–Crippen LogP) is 2.35. The van der Waals surface area contributed by atoms with Gasteiger partial charge in [-0.2, -0.15) is 0 Å². The zero-order valence-electron chi connectivity index (χ0n) is 12.0. The van der Waals surface area contributed by atoms with Crippen LogP contribution in [0.5, 0.6) is 5.75 Å². The standard InChI is InChI=1S/C15H20FNO4/c1-2-3-7-12(15(19)20)17-14(18)9-10-21-13-8-5-4-6-11(13)16/h4-6,8,12H,2-3,7,9-10H2,1H3,(H,17,18)(H,19,20)/t12-/m0/s1. The molecule has 0 aliphatic heterocycles. The molecule has 6 heteroatoms. The average molecular weight is 297 g/mol. The lowest BCUT2D eigenvalue weighted by Gasteiger charge is -2.14. The number of carboxylic acids is 1. The third-order valence-corrected chi connectivity index (χ3v) is 2.90. The van der Waals surface area contributed by atoms with E-state index in [1.165, 1.54) is 12.1 Å². The van der Waals surface area contributed by atoms with Crippen molar-refractivity contribution in [2.75, 3.05) is 6.61 Å². The lowest BCUT2D eigenvalue weighted by molar-refractivity contribution is -0.142. The molecule has 0 heterocycles. The van der Waals surface area contributed by atoms with E-state index in [1.54, 1.807) is 12.1 Å². The zero-order chi connectivity index (χ0) is 15.7. The van der Waals surface area contributed by atoms with E-state index in [1.807, 2.05) is 6.92 Å². The summed E-state index contributed by atoms with van der Waals surface area (Å²) in [5.74, 6) is -1.89. The fourth-order valence-electron chi connectivity index (χ4n) is 1.75. The molecule has 0 spiro atoms. The first-order chi connectivity index (χ1) is 10.0. The Morgan fingerprint density at radius 2 is 2.10 bits per heavy atom. The van der Waals surface area contributed by atoms with Gasteiger partial charge in [-0.15, -0.1) is 0 Å². The molecular weight excluding hydrogens is 277 g/mol. The number of unbranched alkanes of at least 4 members (excludes halogenated alkanes) is 1. The molecule has 0 bridgehead atoms. The number of carboxylic acid groups (broad SMARTS) is 1. The number of amides is 1. The van der Waals surface area contributed by atoms with Crippen molar-refractivity contribution in [1.29, 1.82) is 0 Å². The Morgan fingerprint density at radius 3 is 2.71 bits per heavy atom. The predicted molar refractivity (Wildman–Crippen MR) is 75.6 cm³/mol. The number of ether oxygens (including phenoxy) is 1. The number of rotatable bonds is 9. The first kappa shape index (κ1) is 16.9. The van der Waals surface area contributed by atoms with Crippen molar-refractivity contribution in [2.45, 2.75) is 38.6 Å². The van der Waals surface area contributed by atoms with Crippen LogP contribution in [-0.4, -0.2) is 29.6 Å². The summed E-state index contributed by atoms with van der Waals surface area (Å²) in [5.41, 5.74) is 0. The van der Waals surface area contributed by atoms with Crippen LogP contribution in [0.25, 0.3) is 0 Å². The van der Waals surface area contributed by atoms with Crippen LogP contribution in [0.3, 0.4) is 0 Å². The molecule has 5 nitrogen and oxygen atoms in total. The van der Waals surface area contributed by atoms with E-state index in [0.717, 1.165) is 12.8 Å². The first-order valence-corrected chi connectivity index (χ1v) is 6.94. The number of carbonyl (C=O) groups excluding carboxylic acids is 1. The highest BCUT2D eigenvalue weighted by Gasteiger charge is 2.18. The molecule has 2 N–H and O–H groups in total. The van der Waals surface area contributed by atoms with Gasteiger partial charge in [0.05, 0.1) is 13.0 Å². The number of hydrogen-bond acceptors (Lipinski definition) is 3. The molecule has 1 atom stereocenters. The Kier molecular flexibility index (Phi) is 7.21. The van der Waals surface area contributed by atoms with Crippen LogP contribution in [0.15, 0.2) is 24.3 Å². The molecule has 116 valence electrons. The van der Waals surface area contributed by atoms with Crippen molar-refractivity contribution in [3.05, 3.63) is 30.1 Å². The second kappa shape index (κ2) is 8.94. The van der Waals surface area contributed by atoms with E-state index >= 15 is 0 Å². The molecule has 1 aromatic carbocycles. The molecule has 21 heavy (non-hydrogen) atoms. The SMILES string of the molecule is CCCC[C@H](NC(=O)CCOc1ccccc1F)C(=O)O. The summed E-state index contributed by atoms with van der Waals surface area (Å²) < 4.78 is 18.4. The van der Waals surface area contributed by atoms with Crippen LogP contribution in [0.2, 0.25) is 0 Å². The molecule has 0 fully saturated rings. The molecule has 0 saturated carbocycles. The van der Waals surface area contributed by atoms with E-state index in [-0.39, 0.29) is 18.8 Å². The van der Waals surface area contributed by atoms with Crippen LogP contribution in [0.1, 0.15) is 32.6 Å².